The highest BCUT2D eigenvalue weighted by molar-refractivity contribution is 5.97. The average molecular weight is 379 g/mol. The van der Waals surface area contributed by atoms with Crippen LogP contribution in [-0.4, -0.2) is 24.4 Å². The fraction of sp³-hybridized carbons (Fsp3) is 0.417. The zero-order valence-electron chi connectivity index (χ0n) is 17.2. The van der Waals surface area contributed by atoms with E-state index in [0.29, 0.717) is 12.1 Å². The van der Waals surface area contributed by atoms with E-state index in [-0.39, 0.29) is 22.6 Å². The molecule has 0 radical (unpaired) electrons. The van der Waals surface area contributed by atoms with Gasteiger partial charge in [0.2, 0.25) is 5.91 Å². The lowest BCUT2D eigenvalue weighted by Gasteiger charge is -2.20. The molecule has 0 spiro atoms. The molecule has 1 aliphatic rings. The van der Waals surface area contributed by atoms with Gasteiger partial charge in [-0.25, -0.2) is 0 Å². The van der Waals surface area contributed by atoms with E-state index in [1.165, 1.54) is 11.1 Å². The van der Waals surface area contributed by atoms with Crippen LogP contribution >= 0.6 is 0 Å². The minimum atomic E-state index is -0.582. The summed E-state index contributed by atoms with van der Waals surface area (Å²) in [6.07, 6.45) is 2.16. The summed E-state index contributed by atoms with van der Waals surface area (Å²) < 4.78 is 0. The molecular weight excluding hydrogens is 348 g/mol. The monoisotopic (exact) mass is 378 g/mol. The maximum atomic E-state index is 12.5. The van der Waals surface area contributed by atoms with E-state index >= 15 is 0 Å². The minimum absolute atomic E-state index is 0.0414. The van der Waals surface area contributed by atoms with Crippen LogP contribution in [0.25, 0.3) is 0 Å². The van der Waals surface area contributed by atoms with Crippen molar-refractivity contribution in [2.75, 3.05) is 6.54 Å². The maximum Gasteiger partial charge on any atom is 0.251 e. The van der Waals surface area contributed by atoms with Gasteiger partial charge in [-0.05, 0) is 48.4 Å². The Labute approximate surface area is 167 Å². The second-order valence-electron chi connectivity index (χ2n) is 8.89. The SMILES string of the molecule is CC(NC(=O)c1ccc(C(C)(C)C)cc1)C(=O)NCC1(c2ccccc2)CC1. The van der Waals surface area contributed by atoms with Crippen LogP contribution in [0.4, 0.5) is 0 Å². The van der Waals surface area contributed by atoms with Crippen LogP contribution in [0.2, 0.25) is 0 Å². The summed E-state index contributed by atoms with van der Waals surface area (Å²) >= 11 is 0. The number of hydrogen-bond donors (Lipinski definition) is 2. The van der Waals surface area contributed by atoms with Gasteiger partial charge in [0.15, 0.2) is 0 Å². The minimum Gasteiger partial charge on any atom is -0.353 e. The van der Waals surface area contributed by atoms with Gasteiger partial charge in [0.1, 0.15) is 6.04 Å². The van der Waals surface area contributed by atoms with E-state index in [1.54, 1.807) is 6.92 Å². The number of nitrogens with one attached hydrogen (secondary N) is 2. The van der Waals surface area contributed by atoms with Crippen LogP contribution in [0.15, 0.2) is 54.6 Å². The van der Waals surface area contributed by atoms with Gasteiger partial charge in [0, 0.05) is 17.5 Å². The summed E-state index contributed by atoms with van der Waals surface area (Å²) in [5.74, 6) is -0.380. The van der Waals surface area contributed by atoms with E-state index in [4.69, 9.17) is 0 Å². The molecule has 28 heavy (non-hydrogen) atoms. The first-order valence-electron chi connectivity index (χ1n) is 9.96. The molecule has 2 N–H and O–H groups in total. The van der Waals surface area contributed by atoms with Crippen molar-refractivity contribution in [2.24, 2.45) is 0 Å². The van der Waals surface area contributed by atoms with E-state index < -0.39 is 6.04 Å². The van der Waals surface area contributed by atoms with Gasteiger partial charge in [0.05, 0.1) is 0 Å². The van der Waals surface area contributed by atoms with Crippen LogP contribution in [0, 0.1) is 0 Å². The largest absolute Gasteiger partial charge is 0.353 e. The molecule has 2 amide bonds. The summed E-state index contributed by atoms with van der Waals surface area (Å²) in [7, 11) is 0. The number of benzene rings is 2. The third-order valence-electron chi connectivity index (χ3n) is 5.59. The van der Waals surface area contributed by atoms with Crippen LogP contribution in [0.3, 0.4) is 0 Å². The molecule has 1 unspecified atom stereocenters. The van der Waals surface area contributed by atoms with Crippen molar-refractivity contribution >= 4 is 11.8 Å². The second kappa shape index (κ2) is 7.78. The summed E-state index contributed by atoms with van der Waals surface area (Å²) in [5.41, 5.74) is 3.11. The van der Waals surface area contributed by atoms with E-state index in [0.717, 1.165) is 12.8 Å². The molecule has 4 heteroatoms. The van der Waals surface area contributed by atoms with Gasteiger partial charge in [-0.15, -0.1) is 0 Å². The molecule has 4 nitrogen and oxygen atoms in total. The quantitative estimate of drug-likeness (QED) is 0.800. The first-order valence-corrected chi connectivity index (χ1v) is 9.96. The van der Waals surface area contributed by atoms with Crippen molar-refractivity contribution < 1.29 is 9.59 Å². The Morgan fingerprint density at radius 2 is 1.61 bits per heavy atom. The Kier molecular flexibility index (Phi) is 5.59. The highest BCUT2D eigenvalue weighted by Gasteiger charge is 2.44. The molecule has 2 aromatic carbocycles. The lowest BCUT2D eigenvalue weighted by Crippen LogP contribution is -2.46. The Morgan fingerprint density at radius 3 is 2.14 bits per heavy atom. The summed E-state index contributed by atoms with van der Waals surface area (Å²) in [6.45, 7) is 8.74. The third kappa shape index (κ3) is 4.61. The zero-order valence-corrected chi connectivity index (χ0v) is 17.2. The van der Waals surface area contributed by atoms with E-state index in [1.807, 2.05) is 42.5 Å². The van der Waals surface area contributed by atoms with Gasteiger partial charge in [-0.3, -0.25) is 9.59 Å². The first-order chi connectivity index (χ1) is 13.2. The van der Waals surface area contributed by atoms with Crippen molar-refractivity contribution in [2.45, 2.75) is 57.4 Å². The molecule has 0 bridgehead atoms. The normalized spacial score (nSPS) is 16.1. The molecule has 0 aromatic heterocycles. The summed E-state index contributed by atoms with van der Waals surface area (Å²) in [5, 5.41) is 5.82. The van der Waals surface area contributed by atoms with Gasteiger partial charge in [-0.2, -0.15) is 0 Å². The molecule has 2 aromatic rings. The number of carbonyl (C=O) groups is 2. The third-order valence-corrected chi connectivity index (χ3v) is 5.59. The maximum absolute atomic E-state index is 12.5. The van der Waals surface area contributed by atoms with Gasteiger partial charge in [-0.1, -0.05) is 63.2 Å². The average Bonchev–Trinajstić information content (AvgIpc) is 3.47. The highest BCUT2D eigenvalue weighted by atomic mass is 16.2. The summed E-state index contributed by atoms with van der Waals surface area (Å²) in [6, 6.07) is 17.3. The molecule has 148 valence electrons. The Balaban J connectivity index is 1.53. The van der Waals surface area contributed by atoms with Crippen molar-refractivity contribution in [1.29, 1.82) is 0 Å². The smallest absolute Gasteiger partial charge is 0.251 e. The second-order valence-corrected chi connectivity index (χ2v) is 8.89. The molecular formula is C24H30N2O2. The molecule has 3 rings (SSSR count). The molecule has 0 aliphatic heterocycles. The highest BCUT2D eigenvalue weighted by Crippen LogP contribution is 2.47. The van der Waals surface area contributed by atoms with Gasteiger partial charge in [0.25, 0.3) is 5.91 Å². The van der Waals surface area contributed by atoms with E-state index in [2.05, 4.69) is 43.5 Å². The number of hydrogen-bond acceptors (Lipinski definition) is 2. The van der Waals surface area contributed by atoms with Crippen LogP contribution < -0.4 is 10.6 Å². The number of amides is 2. The van der Waals surface area contributed by atoms with Crippen LogP contribution in [0.1, 0.15) is 62.0 Å². The predicted octanol–water partition coefficient (Wildman–Crippen LogP) is 3.95. The Bertz CT molecular complexity index is 831. The predicted molar refractivity (Wildman–Crippen MR) is 112 cm³/mol. The Morgan fingerprint density at radius 1 is 1.00 bits per heavy atom. The standard InChI is InChI=1S/C24H30N2O2/c1-17(26-22(28)18-10-12-19(13-11-18)23(2,3)4)21(27)25-16-24(14-15-24)20-8-6-5-7-9-20/h5-13,17H,14-16H2,1-4H3,(H,25,27)(H,26,28). The molecule has 0 heterocycles. The molecule has 1 atom stereocenters. The molecule has 1 aliphatic carbocycles. The van der Waals surface area contributed by atoms with Gasteiger partial charge >= 0.3 is 0 Å². The molecule has 0 saturated heterocycles. The topological polar surface area (TPSA) is 58.2 Å². The van der Waals surface area contributed by atoms with Crippen molar-refractivity contribution in [3.63, 3.8) is 0 Å². The zero-order chi connectivity index (χ0) is 20.4. The van der Waals surface area contributed by atoms with Crippen LogP contribution in [0.5, 0.6) is 0 Å². The molecule has 1 fully saturated rings. The van der Waals surface area contributed by atoms with Gasteiger partial charge < -0.3 is 10.6 Å². The lowest BCUT2D eigenvalue weighted by molar-refractivity contribution is -0.122. The fourth-order valence-electron chi connectivity index (χ4n) is 3.39. The van der Waals surface area contributed by atoms with E-state index in [9.17, 15) is 9.59 Å². The van der Waals surface area contributed by atoms with Crippen molar-refractivity contribution in [3.05, 3.63) is 71.3 Å². The summed E-state index contributed by atoms with van der Waals surface area (Å²) in [4.78, 5) is 24.9. The van der Waals surface area contributed by atoms with Crippen molar-refractivity contribution in [3.8, 4) is 0 Å². The lowest BCUT2D eigenvalue weighted by atomic mass is 9.86. The van der Waals surface area contributed by atoms with Crippen molar-refractivity contribution in [1.82, 2.24) is 10.6 Å². The molecule has 1 saturated carbocycles. The number of carbonyl (C=O) groups excluding carboxylic acids is 2. The first kappa shape index (κ1) is 20.1. The Hall–Kier alpha value is -2.62. The number of rotatable bonds is 6. The van der Waals surface area contributed by atoms with Crippen LogP contribution in [-0.2, 0) is 15.6 Å². The fourth-order valence-corrected chi connectivity index (χ4v) is 3.39.